The average molecular weight is 535 g/mol. The van der Waals surface area contributed by atoms with Crippen LogP contribution in [0.1, 0.15) is 60.5 Å². The maximum atomic E-state index is 9.41. The molecule has 40 heavy (non-hydrogen) atoms. The van der Waals surface area contributed by atoms with Crippen molar-refractivity contribution in [2.45, 2.75) is 59.2 Å². The lowest BCUT2D eigenvalue weighted by atomic mass is 9.98. The van der Waals surface area contributed by atoms with Gasteiger partial charge in [-0.2, -0.15) is 10.2 Å². The van der Waals surface area contributed by atoms with Crippen LogP contribution in [0.4, 0.5) is 0 Å². The molecule has 5 rings (SSSR count). The number of aliphatic hydroxyl groups is 1. The van der Waals surface area contributed by atoms with E-state index in [1.54, 1.807) is 0 Å². The molecule has 0 aliphatic heterocycles. The molecule has 0 amide bonds. The molecule has 204 valence electrons. The largest absolute Gasteiger partial charge is 0.472 e. The molecule has 0 saturated heterocycles. The number of aromatic amines is 1. The van der Waals surface area contributed by atoms with E-state index in [1.165, 1.54) is 0 Å². The zero-order valence-electron chi connectivity index (χ0n) is 23.0. The van der Waals surface area contributed by atoms with Crippen molar-refractivity contribution in [3.05, 3.63) is 107 Å². The van der Waals surface area contributed by atoms with Gasteiger partial charge in [-0.15, -0.1) is 10.2 Å². The van der Waals surface area contributed by atoms with Crippen LogP contribution in [0.5, 0.6) is 5.88 Å². The van der Waals surface area contributed by atoms with Crippen molar-refractivity contribution in [2.24, 2.45) is 0 Å². The van der Waals surface area contributed by atoms with E-state index in [4.69, 9.17) is 14.7 Å². The second kappa shape index (κ2) is 13.1. The minimum Gasteiger partial charge on any atom is -0.472 e. The summed E-state index contributed by atoms with van der Waals surface area (Å²) in [7, 11) is 0. The molecule has 2 heterocycles. The Morgan fingerprint density at radius 2 is 1.55 bits per heavy atom. The lowest BCUT2D eigenvalue weighted by Gasteiger charge is -2.16. The molecule has 0 aliphatic carbocycles. The molecule has 2 N–H and O–H groups in total. The summed E-state index contributed by atoms with van der Waals surface area (Å²) in [6, 6.07) is 24.4. The van der Waals surface area contributed by atoms with Gasteiger partial charge in [0.2, 0.25) is 11.7 Å². The lowest BCUT2D eigenvalue weighted by Crippen LogP contribution is -2.10. The molecule has 2 aromatic heterocycles. The Morgan fingerprint density at radius 3 is 2.23 bits per heavy atom. The number of benzene rings is 3. The van der Waals surface area contributed by atoms with Crippen LogP contribution in [-0.4, -0.2) is 35.7 Å². The van der Waals surface area contributed by atoms with E-state index in [-0.39, 0.29) is 6.61 Å². The van der Waals surface area contributed by atoms with Crippen molar-refractivity contribution in [2.75, 3.05) is 0 Å². The second-order valence-corrected chi connectivity index (χ2v) is 9.75. The van der Waals surface area contributed by atoms with Gasteiger partial charge in [0.25, 0.3) is 0 Å². The summed E-state index contributed by atoms with van der Waals surface area (Å²) in [5.74, 6) is 2.05. The van der Waals surface area contributed by atoms with Gasteiger partial charge in [0, 0.05) is 24.0 Å². The molecule has 0 fully saturated rings. The highest BCUT2D eigenvalue weighted by Crippen LogP contribution is 2.30. The number of tetrazole rings is 1. The Balaban J connectivity index is 1.39. The third kappa shape index (κ3) is 6.40. The second-order valence-electron chi connectivity index (χ2n) is 9.75. The molecule has 8 heteroatoms. The van der Waals surface area contributed by atoms with E-state index >= 15 is 0 Å². The fourth-order valence-electron chi connectivity index (χ4n) is 4.70. The standard InChI is InChI=1S/C32H34N6O2/c1-3-5-10-30-33-29(4-2)28(19-22-11-13-23(20-39)14-12-22)32(34-30)40-21-24-15-17-25(18-16-24)26-8-6-7-9-27(26)31-35-37-38-36-31/h6-9,11-18,39H,3-5,10,19-21H2,1-2H3,(H,35,36,37,38). The number of nitrogens with zero attached hydrogens (tertiary/aromatic N) is 5. The quantitative estimate of drug-likeness (QED) is 0.205. The number of H-pyrrole nitrogens is 1. The van der Waals surface area contributed by atoms with Crippen LogP contribution < -0.4 is 4.74 Å². The Hall–Kier alpha value is -4.43. The molecule has 0 spiro atoms. The highest BCUT2D eigenvalue weighted by Gasteiger charge is 2.16. The normalized spacial score (nSPS) is 11.1. The highest BCUT2D eigenvalue weighted by atomic mass is 16.5. The maximum Gasteiger partial charge on any atom is 0.220 e. The van der Waals surface area contributed by atoms with Crippen molar-refractivity contribution < 1.29 is 9.84 Å². The van der Waals surface area contributed by atoms with Crippen molar-refractivity contribution >= 4 is 0 Å². The highest BCUT2D eigenvalue weighted by molar-refractivity contribution is 5.80. The van der Waals surface area contributed by atoms with Gasteiger partial charge in [0.1, 0.15) is 12.4 Å². The number of aromatic nitrogens is 6. The van der Waals surface area contributed by atoms with Crippen molar-refractivity contribution in [1.29, 1.82) is 0 Å². The molecular formula is C32H34N6O2. The Kier molecular flexibility index (Phi) is 8.88. The molecular weight excluding hydrogens is 500 g/mol. The Morgan fingerprint density at radius 1 is 0.825 bits per heavy atom. The van der Waals surface area contributed by atoms with Crippen LogP contribution in [0.25, 0.3) is 22.5 Å². The summed E-state index contributed by atoms with van der Waals surface area (Å²) in [6.07, 6.45) is 4.43. The molecule has 0 aliphatic rings. The van der Waals surface area contributed by atoms with Crippen molar-refractivity contribution in [3.8, 4) is 28.4 Å². The van der Waals surface area contributed by atoms with Gasteiger partial charge in [-0.25, -0.2) is 4.98 Å². The number of unbranched alkanes of at least 4 members (excludes halogenated alkanes) is 1. The summed E-state index contributed by atoms with van der Waals surface area (Å²) < 4.78 is 6.41. The minimum atomic E-state index is 0.0333. The Labute approximate surface area is 234 Å². The number of aliphatic hydroxyl groups excluding tert-OH is 1. The molecule has 5 aromatic rings. The monoisotopic (exact) mass is 534 g/mol. The minimum absolute atomic E-state index is 0.0333. The first-order valence-electron chi connectivity index (χ1n) is 13.8. The van der Waals surface area contributed by atoms with Gasteiger partial charge in [0.05, 0.1) is 12.3 Å². The number of rotatable bonds is 12. The van der Waals surface area contributed by atoms with E-state index < -0.39 is 0 Å². The molecule has 8 nitrogen and oxygen atoms in total. The van der Waals surface area contributed by atoms with E-state index in [9.17, 15) is 5.11 Å². The van der Waals surface area contributed by atoms with Gasteiger partial charge in [-0.05, 0) is 45.9 Å². The summed E-state index contributed by atoms with van der Waals surface area (Å²) in [5.41, 5.74) is 8.14. The Bertz CT molecular complexity index is 1520. The third-order valence-electron chi connectivity index (χ3n) is 6.93. The zero-order chi connectivity index (χ0) is 27.7. The topological polar surface area (TPSA) is 110 Å². The van der Waals surface area contributed by atoms with Crippen LogP contribution in [0.15, 0.2) is 72.8 Å². The first kappa shape index (κ1) is 27.1. The van der Waals surface area contributed by atoms with Gasteiger partial charge >= 0.3 is 0 Å². The molecule has 0 atom stereocenters. The summed E-state index contributed by atoms with van der Waals surface area (Å²) in [4.78, 5) is 9.77. The maximum absolute atomic E-state index is 9.41. The number of hydrogen-bond donors (Lipinski definition) is 2. The van der Waals surface area contributed by atoms with Crippen LogP contribution in [0.3, 0.4) is 0 Å². The summed E-state index contributed by atoms with van der Waals surface area (Å²) in [5, 5.41) is 23.9. The average Bonchev–Trinajstić information content (AvgIpc) is 3.55. The lowest BCUT2D eigenvalue weighted by molar-refractivity contribution is 0.282. The zero-order valence-corrected chi connectivity index (χ0v) is 23.0. The van der Waals surface area contributed by atoms with E-state index in [1.807, 2.05) is 42.5 Å². The van der Waals surface area contributed by atoms with Crippen LogP contribution in [-0.2, 0) is 32.5 Å². The number of ether oxygens (including phenoxy) is 1. The van der Waals surface area contributed by atoms with E-state index in [0.717, 1.165) is 76.1 Å². The summed E-state index contributed by atoms with van der Waals surface area (Å²) in [6.45, 7) is 4.73. The van der Waals surface area contributed by atoms with Gasteiger partial charge in [0.15, 0.2) is 0 Å². The molecule has 0 bridgehead atoms. The number of hydrogen-bond acceptors (Lipinski definition) is 7. The van der Waals surface area contributed by atoms with E-state index in [2.05, 4.69) is 64.8 Å². The fraction of sp³-hybridized carbons (Fsp3) is 0.281. The van der Waals surface area contributed by atoms with Crippen molar-refractivity contribution in [3.63, 3.8) is 0 Å². The fourth-order valence-corrected chi connectivity index (χ4v) is 4.70. The van der Waals surface area contributed by atoms with E-state index in [0.29, 0.717) is 24.7 Å². The van der Waals surface area contributed by atoms with Crippen molar-refractivity contribution in [1.82, 2.24) is 30.6 Å². The number of nitrogens with one attached hydrogen (secondary N) is 1. The predicted octanol–water partition coefficient (Wildman–Crippen LogP) is 5.89. The van der Waals surface area contributed by atoms with Crippen LogP contribution >= 0.6 is 0 Å². The SMILES string of the molecule is CCCCc1nc(CC)c(Cc2ccc(CO)cc2)c(OCc2ccc(-c3ccccc3-c3nn[nH]n3)cc2)n1. The first-order chi connectivity index (χ1) is 19.7. The summed E-state index contributed by atoms with van der Waals surface area (Å²) >= 11 is 0. The predicted molar refractivity (Wildman–Crippen MR) is 155 cm³/mol. The third-order valence-corrected chi connectivity index (χ3v) is 6.93. The molecule has 0 saturated carbocycles. The van der Waals surface area contributed by atoms with Crippen LogP contribution in [0, 0.1) is 0 Å². The smallest absolute Gasteiger partial charge is 0.220 e. The van der Waals surface area contributed by atoms with Gasteiger partial charge < -0.3 is 9.84 Å². The molecule has 3 aromatic carbocycles. The number of aryl methyl sites for hydroxylation is 2. The first-order valence-corrected chi connectivity index (χ1v) is 13.8. The molecule has 0 unspecified atom stereocenters. The van der Waals surface area contributed by atoms with Gasteiger partial charge in [-0.3, -0.25) is 0 Å². The van der Waals surface area contributed by atoms with Gasteiger partial charge in [-0.1, -0.05) is 93.1 Å². The van der Waals surface area contributed by atoms with Crippen LogP contribution in [0.2, 0.25) is 0 Å². The molecule has 0 radical (unpaired) electrons.